The number of carbonyl (C=O) groups excluding carboxylic acids is 1. The molecule has 3 aromatic rings. The second-order valence-corrected chi connectivity index (χ2v) is 4.47. The molecule has 110 valence electrons. The van der Waals surface area contributed by atoms with Crippen molar-refractivity contribution in [3.63, 3.8) is 0 Å². The largest absolute Gasteiger partial charge is 0.497 e. The third-order valence-corrected chi connectivity index (χ3v) is 3.03. The predicted octanol–water partition coefficient (Wildman–Crippen LogP) is 3.00. The average Bonchev–Trinajstić information content (AvgIpc) is 3.04. The number of hydrogen-bond acceptors (Lipinski definition) is 5. The molecule has 1 amide bonds. The number of amides is 1. The van der Waals surface area contributed by atoms with E-state index in [2.05, 4.69) is 15.5 Å². The minimum atomic E-state index is -0.286. The van der Waals surface area contributed by atoms with Crippen molar-refractivity contribution in [1.29, 1.82) is 0 Å². The van der Waals surface area contributed by atoms with Crippen LogP contribution in [0.1, 0.15) is 10.4 Å². The van der Waals surface area contributed by atoms with Gasteiger partial charge in [0.2, 0.25) is 5.88 Å². The Morgan fingerprint density at radius 2 is 1.95 bits per heavy atom. The molecule has 0 aliphatic carbocycles. The molecule has 6 nitrogen and oxygen atoms in total. The van der Waals surface area contributed by atoms with E-state index in [-0.39, 0.29) is 11.8 Å². The van der Waals surface area contributed by atoms with Gasteiger partial charge in [-0.3, -0.25) is 15.1 Å². The fourth-order valence-corrected chi connectivity index (χ4v) is 1.90. The smallest absolute Gasteiger partial charge is 0.258 e. The van der Waals surface area contributed by atoms with Crippen LogP contribution < -0.4 is 10.1 Å². The van der Waals surface area contributed by atoms with Crippen molar-refractivity contribution in [3.8, 4) is 17.1 Å². The minimum absolute atomic E-state index is 0.265. The molecule has 0 fully saturated rings. The number of pyridine rings is 1. The van der Waals surface area contributed by atoms with Crippen LogP contribution in [0.2, 0.25) is 0 Å². The highest BCUT2D eigenvalue weighted by Gasteiger charge is 2.11. The molecule has 0 aliphatic rings. The first-order valence-corrected chi connectivity index (χ1v) is 6.60. The first kappa shape index (κ1) is 13.8. The number of aromatic nitrogens is 2. The molecule has 2 aromatic heterocycles. The van der Waals surface area contributed by atoms with Crippen LogP contribution in [0, 0.1) is 0 Å². The number of nitrogens with zero attached hydrogens (tertiary/aromatic N) is 2. The second-order valence-electron chi connectivity index (χ2n) is 4.47. The first-order chi connectivity index (χ1) is 10.8. The van der Waals surface area contributed by atoms with E-state index in [9.17, 15) is 4.79 Å². The van der Waals surface area contributed by atoms with Gasteiger partial charge in [-0.25, -0.2) is 0 Å². The van der Waals surface area contributed by atoms with E-state index < -0.39 is 0 Å². The molecule has 0 radical (unpaired) electrons. The van der Waals surface area contributed by atoms with E-state index in [1.807, 2.05) is 18.2 Å². The lowest BCUT2D eigenvalue weighted by molar-refractivity contribution is 0.102. The molecular weight excluding hydrogens is 282 g/mol. The molecule has 0 saturated carbocycles. The summed E-state index contributed by atoms with van der Waals surface area (Å²) >= 11 is 0. The lowest BCUT2D eigenvalue weighted by atomic mass is 10.2. The second kappa shape index (κ2) is 6.09. The maximum atomic E-state index is 12.1. The number of rotatable bonds is 4. The van der Waals surface area contributed by atoms with Gasteiger partial charge in [-0.2, -0.15) is 0 Å². The number of anilines is 1. The van der Waals surface area contributed by atoms with Gasteiger partial charge in [-0.15, -0.1) is 0 Å². The molecule has 0 aliphatic heterocycles. The van der Waals surface area contributed by atoms with Gasteiger partial charge in [0.1, 0.15) is 11.4 Å². The normalized spacial score (nSPS) is 10.2. The van der Waals surface area contributed by atoms with Crippen molar-refractivity contribution in [3.05, 3.63) is 60.3 Å². The van der Waals surface area contributed by atoms with E-state index in [0.717, 1.165) is 0 Å². The molecule has 1 N–H and O–H groups in total. The summed E-state index contributed by atoms with van der Waals surface area (Å²) in [7, 11) is 1.57. The van der Waals surface area contributed by atoms with Gasteiger partial charge >= 0.3 is 0 Å². The van der Waals surface area contributed by atoms with Gasteiger partial charge in [0.25, 0.3) is 5.91 Å². The summed E-state index contributed by atoms with van der Waals surface area (Å²) < 4.78 is 10.2. The summed E-state index contributed by atoms with van der Waals surface area (Å²) in [5.74, 6) is 0.668. The molecule has 0 spiro atoms. The molecular formula is C16H13N3O3. The number of hydrogen-bond donors (Lipinski definition) is 1. The van der Waals surface area contributed by atoms with Crippen LogP contribution >= 0.6 is 0 Å². The topological polar surface area (TPSA) is 77.2 Å². The summed E-state index contributed by atoms with van der Waals surface area (Å²) in [5.41, 5.74) is 1.73. The SMILES string of the molecule is COc1ccc(C(=O)Nc2cc(-c3ccccn3)no2)cc1. The zero-order valence-corrected chi connectivity index (χ0v) is 11.8. The van der Waals surface area contributed by atoms with Crippen LogP contribution in [-0.2, 0) is 0 Å². The number of ether oxygens (including phenoxy) is 1. The van der Waals surface area contributed by atoms with Crippen LogP contribution in [0.3, 0.4) is 0 Å². The zero-order valence-electron chi connectivity index (χ0n) is 11.8. The summed E-state index contributed by atoms with van der Waals surface area (Å²) in [6.45, 7) is 0. The molecule has 1 aromatic carbocycles. The van der Waals surface area contributed by atoms with E-state index in [0.29, 0.717) is 22.7 Å². The fourth-order valence-electron chi connectivity index (χ4n) is 1.90. The van der Waals surface area contributed by atoms with Gasteiger partial charge in [-0.05, 0) is 36.4 Å². The Labute approximate surface area is 126 Å². The van der Waals surface area contributed by atoms with Crippen LogP contribution in [0.15, 0.2) is 59.3 Å². The minimum Gasteiger partial charge on any atom is -0.497 e. The quantitative estimate of drug-likeness (QED) is 0.800. The Morgan fingerprint density at radius 1 is 1.14 bits per heavy atom. The Kier molecular flexibility index (Phi) is 3.82. The molecule has 22 heavy (non-hydrogen) atoms. The highest BCUT2D eigenvalue weighted by molar-refractivity contribution is 6.03. The molecule has 2 heterocycles. The summed E-state index contributed by atoms with van der Waals surface area (Å²) in [5, 5.41) is 6.54. The van der Waals surface area contributed by atoms with Gasteiger partial charge in [-0.1, -0.05) is 11.2 Å². The Morgan fingerprint density at radius 3 is 2.64 bits per heavy atom. The van der Waals surface area contributed by atoms with Crippen molar-refractivity contribution >= 4 is 11.8 Å². The van der Waals surface area contributed by atoms with Crippen molar-refractivity contribution in [2.45, 2.75) is 0 Å². The standard InChI is InChI=1S/C16H13N3O3/c1-21-12-7-5-11(6-8-12)16(20)18-15-10-14(19-22-15)13-4-2-3-9-17-13/h2-10H,1H3,(H,18,20). The van der Waals surface area contributed by atoms with E-state index in [1.54, 1.807) is 43.6 Å². The molecule has 6 heteroatoms. The van der Waals surface area contributed by atoms with Gasteiger partial charge in [0, 0.05) is 17.8 Å². The van der Waals surface area contributed by atoms with Crippen molar-refractivity contribution < 1.29 is 14.1 Å². The maximum Gasteiger partial charge on any atom is 0.258 e. The predicted molar refractivity (Wildman–Crippen MR) is 80.7 cm³/mol. The molecule has 0 atom stereocenters. The van der Waals surface area contributed by atoms with E-state index >= 15 is 0 Å². The van der Waals surface area contributed by atoms with Crippen LogP contribution in [0.25, 0.3) is 11.4 Å². The average molecular weight is 295 g/mol. The molecule has 0 saturated heterocycles. The molecule has 3 rings (SSSR count). The first-order valence-electron chi connectivity index (χ1n) is 6.60. The van der Waals surface area contributed by atoms with E-state index in [4.69, 9.17) is 9.26 Å². The van der Waals surface area contributed by atoms with Crippen molar-refractivity contribution in [2.75, 3.05) is 12.4 Å². The van der Waals surface area contributed by atoms with E-state index in [1.165, 1.54) is 0 Å². The Balaban J connectivity index is 1.73. The lowest BCUT2D eigenvalue weighted by Crippen LogP contribution is -2.11. The Bertz CT molecular complexity index is 767. The number of benzene rings is 1. The van der Waals surface area contributed by atoms with Crippen molar-refractivity contribution in [1.82, 2.24) is 10.1 Å². The summed E-state index contributed by atoms with van der Waals surface area (Å²) in [4.78, 5) is 16.3. The molecule has 0 unspecified atom stereocenters. The number of nitrogens with one attached hydrogen (secondary N) is 1. The number of methoxy groups -OCH3 is 1. The fraction of sp³-hybridized carbons (Fsp3) is 0.0625. The van der Waals surface area contributed by atoms with Crippen LogP contribution in [0.4, 0.5) is 5.88 Å². The van der Waals surface area contributed by atoms with Gasteiger partial charge in [0.15, 0.2) is 0 Å². The lowest BCUT2D eigenvalue weighted by Gasteiger charge is -2.02. The number of carbonyl (C=O) groups is 1. The highest BCUT2D eigenvalue weighted by atomic mass is 16.5. The summed E-state index contributed by atoms with van der Waals surface area (Å²) in [6, 6.07) is 13.9. The highest BCUT2D eigenvalue weighted by Crippen LogP contribution is 2.20. The molecule has 0 bridgehead atoms. The third-order valence-electron chi connectivity index (χ3n) is 3.03. The van der Waals surface area contributed by atoms with Gasteiger partial charge in [0.05, 0.1) is 12.8 Å². The third kappa shape index (κ3) is 2.95. The summed E-state index contributed by atoms with van der Waals surface area (Å²) in [6.07, 6.45) is 1.67. The van der Waals surface area contributed by atoms with Crippen molar-refractivity contribution in [2.24, 2.45) is 0 Å². The monoisotopic (exact) mass is 295 g/mol. The zero-order chi connectivity index (χ0) is 15.4. The maximum absolute atomic E-state index is 12.1. The van der Waals surface area contributed by atoms with Crippen LogP contribution in [-0.4, -0.2) is 23.2 Å². The Hall–Kier alpha value is -3.15. The van der Waals surface area contributed by atoms with Crippen LogP contribution in [0.5, 0.6) is 5.75 Å². The van der Waals surface area contributed by atoms with Gasteiger partial charge < -0.3 is 9.26 Å².